The summed E-state index contributed by atoms with van der Waals surface area (Å²) in [6, 6.07) is 28.4. The van der Waals surface area contributed by atoms with Crippen LogP contribution in [-0.2, 0) is 10.0 Å². The Bertz CT molecular complexity index is 1590. The number of aromatic nitrogens is 3. The molecule has 0 saturated carbocycles. The third-order valence-electron chi connectivity index (χ3n) is 5.70. The Morgan fingerprint density at radius 2 is 1.51 bits per heavy atom. The van der Waals surface area contributed by atoms with Gasteiger partial charge in [-0.3, -0.25) is 0 Å². The molecule has 0 aliphatic carbocycles. The number of hydrogen-bond acceptors (Lipinski definition) is 5. The summed E-state index contributed by atoms with van der Waals surface area (Å²) >= 11 is 0. The standard InChI is InChI=1S/C28H24FN5O2S/c29-23-11-13-25(14-12-23)37(35,36)32-18-17-31-27-19-22(15-16-30-27)26-20-34(24-9-5-2-6-10-24)33-28(26)21-7-3-1-4-8-21/h1-16,19-20,32H,17-18H2,(H,30,31). The monoisotopic (exact) mass is 513 g/mol. The lowest BCUT2D eigenvalue weighted by atomic mass is 10.0. The number of nitrogens with zero attached hydrogens (tertiary/aromatic N) is 3. The highest BCUT2D eigenvalue weighted by molar-refractivity contribution is 7.89. The summed E-state index contributed by atoms with van der Waals surface area (Å²) in [5, 5.41) is 8.03. The molecule has 37 heavy (non-hydrogen) atoms. The Morgan fingerprint density at radius 1 is 0.811 bits per heavy atom. The number of hydrogen-bond donors (Lipinski definition) is 2. The van der Waals surface area contributed by atoms with Crippen LogP contribution in [0.5, 0.6) is 0 Å². The number of rotatable bonds is 9. The van der Waals surface area contributed by atoms with E-state index >= 15 is 0 Å². The molecular formula is C28H24FN5O2S. The highest BCUT2D eigenvalue weighted by Gasteiger charge is 2.15. The van der Waals surface area contributed by atoms with Gasteiger partial charge in [-0.1, -0.05) is 48.5 Å². The molecule has 0 saturated heterocycles. The number of sulfonamides is 1. The Balaban J connectivity index is 1.34. The van der Waals surface area contributed by atoms with Crippen molar-refractivity contribution in [1.82, 2.24) is 19.5 Å². The van der Waals surface area contributed by atoms with Crippen molar-refractivity contribution in [3.8, 4) is 28.1 Å². The van der Waals surface area contributed by atoms with Crippen LogP contribution >= 0.6 is 0 Å². The molecule has 3 aromatic carbocycles. The maximum absolute atomic E-state index is 13.1. The van der Waals surface area contributed by atoms with Crippen LogP contribution in [-0.4, -0.2) is 36.3 Å². The van der Waals surface area contributed by atoms with Gasteiger partial charge in [0.1, 0.15) is 17.3 Å². The summed E-state index contributed by atoms with van der Waals surface area (Å²) in [5.41, 5.74) is 4.65. The van der Waals surface area contributed by atoms with Crippen LogP contribution in [0.4, 0.5) is 10.2 Å². The fraction of sp³-hybridized carbons (Fsp3) is 0.0714. The third kappa shape index (κ3) is 5.74. The molecule has 0 radical (unpaired) electrons. The molecule has 0 fully saturated rings. The summed E-state index contributed by atoms with van der Waals surface area (Å²) in [5.74, 6) is 0.112. The average Bonchev–Trinajstić information content (AvgIpc) is 3.38. The second kappa shape index (κ2) is 10.7. The van der Waals surface area contributed by atoms with E-state index in [1.807, 2.05) is 83.7 Å². The van der Waals surface area contributed by atoms with Gasteiger partial charge in [0.05, 0.1) is 10.6 Å². The molecule has 9 heteroatoms. The fourth-order valence-corrected chi connectivity index (χ4v) is 4.91. The minimum absolute atomic E-state index is 0.0119. The highest BCUT2D eigenvalue weighted by Crippen LogP contribution is 2.32. The smallest absolute Gasteiger partial charge is 0.240 e. The lowest BCUT2D eigenvalue weighted by molar-refractivity contribution is 0.582. The number of halogens is 1. The molecule has 0 bridgehead atoms. The van der Waals surface area contributed by atoms with Crippen LogP contribution in [0.3, 0.4) is 0 Å². The Labute approximate surface area is 214 Å². The number of para-hydroxylation sites is 1. The molecule has 2 aromatic heterocycles. The van der Waals surface area contributed by atoms with Crippen molar-refractivity contribution in [3.63, 3.8) is 0 Å². The maximum atomic E-state index is 13.1. The summed E-state index contributed by atoms with van der Waals surface area (Å²) in [7, 11) is -3.73. The molecule has 7 nitrogen and oxygen atoms in total. The molecule has 2 N–H and O–H groups in total. The Morgan fingerprint density at radius 3 is 2.24 bits per heavy atom. The second-order valence-corrected chi connectivity index (χ2v) is 10.0. The van der Waals surface area contributed by atoms with Gasteiger partial charge in [0.2, 0.25) is 10.0 Å². The molecule has 0 aliphatic heterocycles. The lowest BCUT2D eigenvalue weighted by Gasteiger charge is -2.09. The van der Waals surface area contributed by atoms with E-state index in [0.29, 0.717) is 12.4 Å². The van der Waals surface area contributed by atoms with E-state index in [1.54, 1.807) is 6.20 Å². The minimum atomic E-state index is -3.73. The Hall–Kier alpha value is -4.34. The first kappa shape index (κ1) is 24.4. The highest BCUT2D eigenvalue weighted by atomic mass is 32.2. The van der Waals surface area contributed by atoms with Gasteiger partial charge in [-0.05, 0) is 54.1 Å². The summed E-state index contributed by atoms with van der Waals surface area (Å²) < 4.78 is 42.3. The predicted molar refractivity (Wildman–Crippen MR) is 142 cm³/mol. The molecule has 0 amide bonds. The van der Waals surface area contributed by atoms with Gasteiger partial charge in [-0.25, -0.2) is 27.2 Å². The number of nitrogens with one attached hydrogen (secondary N) is 2. The molecular weight excluding hydrogens is 489 g/mol. The molecule has 0 aliphatic rings. The van der Waals surface area contributed by atoms with Crippen LogP contribution in [0.15, 0.2) is 114 Å². The van der Waals surface area contributed by atoms with E-state index in [2.05, 4.69) is 15.0 Å². The van der Waals surface area contributed by atoms with Crippen LogP contribution in [0.1, 0.15) is 0 Å². The molecule has 0 spiro atoms. The van der Waals surface area contributed by atoms with Gasteiger partial charge in [0, 0.05) is 36.6 Å². The second-order valence-electron chi connectivity index (χ2n) is 8.25. The van der Waals surface area contributed by atoms with E-state index < -0.39 is 15.8 Å². The van der Waals surface area contributed by atoms with E-state index in [0.717, 1.165) is 40.2 Å². The minimum Gasteiger partial charge on any atom is -0.369 e. The van der Waals surface area contributed by atoms with Gasteiger partial charge < -0.3 is 5.32 Å². The molecule has 0 atom stereocenters. The van der Waals surface area contributed by atoms with Crippen molar-refractivity contribution in [1.29, 1.82) is 0 Å². The fourth-order valence-electron chi connectivity index (χ4n) is 3.88. The van der Waals surface area contributed by atoms with Gasteiger partial charge in [0.15, 0.2) is 0 Å². The normalized spacial score (nSPS) is 11.4. The first-order valence-electron chi connectivity index (χ1n) is 11.7. The van der Waals surface area contributed by atoms with Crippen molar-refractivity contribution in [2.75, 3.05) is 18.4 Å². The van der Waals surface area contributed by atoms with Crippen LogP contribution in [0.25, 0.3) is 28.1 Å². The zero-order chi connectivity index (χ0) is 25.7. The van der Waals surface area contributed by atoms with Crippen LogP contribution < -0.4 is 10.0 Å². The maximum Gasteiger partial charge on any atom is 0.240 e. The molecule has 5 rings (SSSR count). The SMILES string of the molecule is O=S(=O)(NCCNc1cc(-c2cn(-c3ccccc3)nc2-c2ccccc2)ccn1)c1ccc(F)cc1. The van der Waals surface area contributed by atoms with Crippen molar-refractivity contribution in [2.45, 2.75) is 4.90 Å². The molecule has 0 unspecified atom stereocenters. The van der Waals surface area contributed by atoms with Crippen molar-refractivity contribution in [3.05, 3.63) is 115 Å². The van der Waals surface area contributed by atoms with Gasteiger partial charge >= 0.3 is 0 Å². The number of pyridine rings is 1. The van der Waals surface area contributed by atoms with Crippen molar-refractivity contribution < 1.29 is 12.8 Å². The molecule has 5 aromatic rings. The molecule has 186 valence electrons. The zero-order valence-corrected chi connectivity index (χ0v) is 20.6. The van der Waals surface area contributed by atoms with E-state index in [1.165, 1.54) is 12.1 Å². The average molecular weight is 514 g/mol. The summed E-state index contributed by atoms with van der Waals surface area (Å²) in [4.78, 5) is 4.39. The van der Waals surface area contributed by atoms with Gasteiger partial charge in [-0.2, -0.15) is 5.10 Å². The number of benzene rings is 3. The summed E-state index contributed by atoms with van der Waals surface area (Å²) in [6.45, 7) is 0.443. The lowest BCUT2D eigenvalue weighted by Crippen LogP contribution is -2.29. The van der Waals surface area contributed by atoms with Crippen molar-refractivity contribution >= 4 is 15.8 Å². The van der Waals surface area contributed by atoms with Crippen molar-refractivity contribution in [2.24, 2.45) is 0 Å². The Kier molecular flexibility index (Phi) is 7.07. The van der Waals surface area contributed by atoms with Gasteiger partial charge in [0.25, 0.3) is 0 Å². The van der Waals surface area contributed by atoms with Crippen LogP contribution in [0.2, 0.25) is 0 Å². The third-order valence-corrected chi connectivity index (χ3v) is 7.18. The largest absolute Gasteiger partial charge is 0.369 e. The van der Waals surface area contributed by atoms with E-state index in [9.17, 15) is 12.8 Å². The van der Waals surface area contributed by atoms with E-state index in [4.69, 9.17) is 5.10 Å². The van der Waals surface area contributed by atoms with Crippen LogP contribution in [0, 0.1) is 5.82 Å². The molecule has 2 heterocycles. The zero-order valence-electron chi connectivity index (χ0n) is 19.8. The van der Waals surface area contributed by atoms with Gasteiger partial charge in [-0.15, -0.1) is 0 Å². The summed E-state index contributed by atoms with van der Waals surface area (Å²) in [6.07, 6.45) is 3.70. The topological polar surface area (TPSA) is 88.9 Å². The first-order chi connectivity index (χ1) is 18.0. The first-order valence-corrected chi connectivity index (χ1v) is 13.1. The predicted octanol–water partition coefficient (Wildman–Crippen LogP) is 5.13. The number of anilines is 1. The van der Waals surface area contributed by atoms with E-state index in [-0.39, 0.29) is 11.4 Å². The quantitative estimate of drug-likeness (QED) is 0.267.